The zero-order valence-electron chi connectivity index (χ0n) is 12.2. The molecule has 2 N–H and O–H groups in total. The van der Waals surface area contributed by atoms with Gasteiger partial charge in [-0.3, -0.25) is 4.98 Å². The van der Waals surface area contributed by atoms with E-state index < -0.39 is 10.0 Å². The second kappa shape index (κ2) is 6.34. The summed E-state index contributed by atoms with van der Waals surface area (Å²) >= 11 is 0. The van der Waals surface area contributed by atoms with Crippen LogP contribution in [-0.2, 0) is 23.1 Å². The topological polar surface area (TPSA) is 76.3 Å². The zero-order chi connectivity index (χ0) is 15.5. The Morgan fingerprint density at radius 3 is 2.38 bits per heavy atom. The van der Waals surface area contributed by atoms with E-state index in [1.165, 1.54) is 4.31 Å². The van der Waals surface area contributed by atoms with E-state index in [2.05, 4.69) is 4.98 Å². The maximum absolute atomic E-state index is 12.5. The first-order chi connectivity index (χ1) is 9.93. The highest BCUT2D eigenvalue weighted by Gasteiger charge is 2.21. The van der Waals surface area contributed by atoms with Crippen molar-refractivity contribution in [3.63, 3.8) is 0 Å². The van der Waals surface area contributed by atoms with Gasteiger partial charge in [-0.2, -0.15) is 4.31 Å². The van der Waals surface area contributed by atoms with Crippen molar-refractivity contribution < 1.29 is 8.42 Å². The van der Waals surface area contributed by atoms with Crippen molar-refractivity contribution in [3.8, 4) is 0 Å². The predicted octanol–water partition coefficient (Wildman–Crippen LogP) is 1.67. The summed E-state index contributed by atoms with van der Waals surface area (Å²) in [6.07, 6.45) is 0. The number of pyridine rings is 1. The van der Waals surface area contributed by atoms with Crippen molar-refractivity contribution in [1.29, 1.82) is 0 Å². The lowest BCUT2D eigenvalue weighted by Gasteiger charge is -2.17. The van der Waals surface area contributed by atoms with Crippen LogP contribution < -0.4 is 5.73 Å². The van der Waals surface area contributed by atoms with Crippen molar-refractivity contribution in [1.82, 2.24) is 9.29 Å². The number of aryl methyl sites for hydroxylation is 1. The fourth-order valence-electron chi connectivity index (χ4n) is 1.98. The molecule has 112 valence electrons. The van der Waals surface area contributed by atoms with Gasteiger partial charge in [-0.1, -0.05) is 18.2 Å². The molecule has 0 fully saturated rings. The van der Waals surface area contributed by atoms with E-state index in [0.717, 1.165) is 17.0 Å². The van der Waals surface area contributed by atoms with Crippen LogP contribution >= 0.6 is 0 Å². The van der Waals surface area contributed by atoms with E-state index >= 15 is 0 Å². The molecule has 0 aliphatic heterocycles. The van der Waals surface area contributed by atoms with Gasteiger partial charge in [0.05, 0.1) is 17.1 Å². The van der Waals surface area contributed by atoms with E-state index in [1.54, 1.807) is 31.3 Å². The minimum atomic E-state index is -3.52. The summed E-state index contributed by atoms with van der Waals surface area (Å²) in [6.45, 7) is 2.51. The van der Waals surface area contributed by atoms with Gasteiger partial charge in [-0.05, 0) is 36.8 Å². The lowest BCUT2D eigenvalue weighted by Crippen LogP contribution is -2.27. The number of nitrogens with zero attached hydrogens (tertiary/aromatic N) is 2. The normalized spacial score (nSPS) is 11.8. The summed E-state index contributed by atoms with van der Waals surface area (Å²) in [5, 5.41) is 0. The van der Waals surface area contributed by atoms with E-state index in [9.17, 15) is 8.42 Å². The van der Waals surface area contributed by atoms with Crippen molar-refractivity contribution in [3.05, 3.63) is 59.4 Å². The van der Waals surface area contributed by atoms with Crippen molar-refractivity contribution in [2.75, 3.05) is 7.05 Å². The van der Waals surface area contributed by atoms with E-state index in [1.807, 2.05) is 25.1 Å². The quantitative estimate of drug-likeness (QED) is 0.911. The second-order valence-electron chi connectivity index (χ2n) is 4.88. The Balaban J connectivity index is 2.21. The number of nitrogens with two attached hydrogens (primary N) is 1. The van der Waals surface area contributed by atoms with Crippen LogP contribution in [0, 0.1) is 6.92 Å². The van der Waals surface area contributed by atoms with Gasteiger partial charge >= 0.3 is 0 Å². The molecule has 0 atom stereocenters. The van der Waals surface area contributed by atoms with E-state index in [-0.39, 0.29) is 11.4 Å². The number of aromatic nitrogens is 1. The third-order valence-electron chi connectivity index (χ3n) is 3.20. The molecule has 1 heterocycles. The van der Waals surface area contributed by atoms with Gasteiger partial charge in [0.25, 0.3) is 0 Å². The van der Waals surface area contributed by atoms with Gasteiger partial charge < -0.3 is 5.73 Å². The van der Waals surface area contributed by atoms with Gasteiger partial charge in [0.1, 0.15) is 0 Å². The Morgan fingerprint density at radius 1 is 1.14 bits per heavy atom. The van der Waals surface area contributed by atoms with Gasteiger partial charge in [0.2, 0.25) is 10.0 Å². The van der Waals surface area contributed by atoms with Crippen LogP contribution in [0.15, 0.2) is 47.4 Å². The monoisotopic (exact) mass is 305 g/mol. The van der Waals surface area contributed by atoms with Gasteiger partial charge in [-0.25, -0.2) is 8.42 Å². The maximum atomic E-state index is 12.5. The molecule has 0 aliphatic carbocycles. The molecule has 21 heavy (non-hydrogen) atoms. The molecule has 0 aliphatic rings. The highest BCUT2D eigenvalue weighted by atomic mass is 32.2. The van der Waals surface area contributed by atoms with Gasteiger partial charge in [0, 0.05) is 19.3 Å². The Morgan fingerprint density at radius 2 is 1.81 bits per heavy atom. The fourth-order valence-corrected chi connectivity index (χ4v) is 3.12. The molecule has 0 unspecified atom stereocenters. The first-order valence-corrected chi connectivity index (χ1v) is 8.05. The summed E-state index contributed by atoms with van der Waals surface area (Å²) in [5.41, 5.74) is 8.01. The largest absolute Gasteiger partial charge is 0.326 e. The maximum Gasteiger partial charge on any atom is 0.243 e. The molecule has 0 radical (unpaired) electrons. The molecule has 2 aromatic rings. The van der Waals surface area contributed by atoms with Crippen LogP contribution in [0.5, 0.6) is 0 Å². The Labute approximate surface area is 125 Å². The highest BCUT2D eigenvalue weighted by molar-refractivity contribution is 7.89. The van der Waals surface area contributed by atoms with Crippen LogP contribution in [0.25, 0.3) is 0 Å². The van der Waals surface area contributed by atoms with Crippen molar-refractivity contribution >= 4 is 10.0 Å². The third-order valence-corrected chi connectivity index (χ3v) is 5.02. The predicted molar refractivity (Wildman–Crippen MR) is 82.0 cm³/mol. The Hall–Kier alpha value is -1.76. The number of hydrogen-bond donors (Lipinski definition) is 1. The first kappa shape index (κ1) is 15.6. The number of rotatable bonds is 5. The molecule has 0 spiro atoms. The van der Waals surface area contributed by atoms with Crippen LogP contribution in [0.1, 0.15) is 17.0 Å². The Bertz CT molecular complexity index is 712. The number of hydrogen-bond acceptors (Lipinski definition) is 4. The van der Waals surface area contributed by atoms with Crippen LogP contribution in [0.2, 0.25) is 0 Å². The molecule has 0 saturated carbocycles. The number of sulfonamides is 1. The fraction of sp³-hybridized carbons (Fsp3) is 0.267. The van der Waals surface area contributed by atoms with Crippen molar-refractivity contribution in [2.24, 2.45) is 5.73 Å². The van der Waals surface area contributed by atoms with Gasteiger partial charge in [-0.15, -0.1) is 0 Å². The molecule has 2 rings (SSSR count). The lowest BCUT2D eigenvalue weighted by atomic mass is 10.2. The van der Waals surface area contributed by atoms with Gasteiger partial charge in [0.15, 0.2) is 0 Å². The van der Waals surface area contributed by atoms with Crippen LogP contribution in [-0.4, -0.2) is 24.8 Å². The molecule has 0 bridgehead atoms. The average molecular weight is 305 g/mol. The molecular weight excluding hydrogens is 286 g/mol. The summed E-state index contributed by atoms with van der Waals surface area (Å²) < 4.78 is 26.3. The molecular formula is C15H19N3O2S. The van der Waals surface area contributed by atoms with E-state index in [0.29, 0.717) is 6.54 Å². The minimum absolute atomic E-state index is 0.239. The third kappa shape index (κ3) is 3.66. The SMILES string of the molecule is Cc1cccc(CN(C)S(=O)(=O)c2ccc(CN)cc2)n1. The number of benzene rings is 1. The lowest BCUT2D eigenvalue weighted by molar-refractivity contribution is 0.462. The second-order valence-corrected chi connectivity index (χ2v) is 6.92. The summed E-state index contributed by atoms with van der Waals surface area (Å²) in [6, 6.07) is 12.2. The minimum Gasteiger partial charge on any atom is -0.326 e. The molecule has 1 aromatic heterocycles. The molecule has 1 aromatic carbocycles. The molecule has 0 amide bonds. The summed E-state index contributed by atoms with van der Waals surface area (Å²) in [4.78, 5) is 4.58. The smallest absolute Gasteiger partial charge is 0.243 e. The zero-order valence-corrected chi connectivity index (χ0v) is 13.0. The van der Waals surface area contributed by atoms with Crippen LogP contribution in [0.3, 0.4) is 0 Å². The summed E-state index contributed by atoms with van der Waals surface area (Å²) in [7, 11) is -1.97. The molecule has 6 heteroatoms. The molecule has 5 nitrogen and oxygen atoms in total. The highest BCUT2D eigenvalue weighted by Crippen LogP contribution is 2.17. The molecule has 0 saturated heterocycles. The summed E-state index contributed by atoms with van der Waals surface area (Å²) in [5.74, 6) is 0. The average Bonchev–Trinajstić information content (AvgIpc) is 2.47. The standard InChI is InChI=1S/C15H19N3O2S/c1-12-4-3-5-14(17-12)11-18(2)21(19,20)15-8-6-13(10-16)7-9-15/h3-9H,10-11,16H2,1-2H3. The van der Waals surface area contributed by atoms with Crippen molar-refractivity contribution in [2.45, 2.75) is 24.9 Å². The van der Waals surface area contributed by atoms with Crippen LogP contribution in [0.4, 0.5) is 0 Å². The van der Waals surface area contributed by atoms with E-state index in [4.69, 9.17) is 5.73 Å². The first-order valence-electron chi connectivity index (χ1n) is 6.61. The Kier molecular flexibility index (Phi) is 4.72.